The molecule has 4 heteroatoms. The number of aldehydes is 1. The second-order valence-electron chi connectivity index (χ2n) is 1.70. The number of nitriles is 1. The van der Waals surface area contributed by atoms with Gasteiger partial charge in [-0.25, -0.2) is 4.98 Å². The third-order valence-corrected chi connectivity index (χ3v) is 1.03. The summed E-state index contributed by atoms with van der Waals surface area (Å²) < 4.78 is 0. The molecule has 11 heavy (non-hydrogen) atoms. The third kappa shape index (κ3) is 2.16. The van der Waals surface area contributed by atoms with Crippen LogP contribution in [0.5, 0.6) is 0 Å². The van der Waals surface area contributed by atoms with E-state index in [4.69, 9.17) is 5.26 Å². The largest absolute Gasteiger partial charge is 0.412 e. The number of hydrogen-bond acceptors (Lipinski definition) is 3. The Labute approximate surface area is 63.4 Å². The van der Waals surface area contributed by atoms with E-state index >= 15 is 0 Å². The molecule has 2 N–H and O–H groups in total. The lowest BCUT2D eigenvalue weighted by Gasteiger charge is -1.87. The zero-order valence-electron chi connectivity index (χ0n) is 5.61. The molecule has 1 aromatic heterocycles. The van der Waals surface area contributed by atoms with Gasteiger partial charge in [0.15, 0.2) is 0 Å². The van der Waals surface area contributed by atoms with Gasteiger partial charge in [-0.05, 0) is 12.1 Å². The zero-order chi connectivity index (χ0) is 7.40. The summed E-state index contributed by atoms with van der Waals surface area (Å²) in [6, 6.07) is 4.82. The van der Waals surface area contributed by atoms with Gasteiger partial charge in [-0.2, -0.15) is 5.26 Å². The minimum atomic E-state index is 0. The molecule has 1 heterocycles. The molecule has 0 atom stereocenters. The summed E-state index contributed by atoms with van der Waals surface area (Å²) in [5.74, 6) is 0. The fourth-order valence-corrected chi connectivity index (χ4v) is 0.581. The Kier molecular flexibility index (Phi) is 3.49. The summed E-state index contributed by atoms with van der Waals surface area (Å²) in [7, 11) is 0. The van der Waals surface area contributed by atoms with E-state index in [1.54, 1.807) is 6.07 Å². The highest BCUT2D eigenvalue weighted by atomic mass is 16.1. The number of aromatic nitrogens is 1. The van der Waals surface area contributed by atoms with Crippen LogP contribution in [-0.4, -0.2) is 16.7 Å². The van der Waals surface area contributed by atoms with Crippen molar-refractivity contribution in [3.63, 3.8) is 0 Å². The van der Waals surface area contributed by atoms with Crippen LogP contribution in [0.1, 0.15) is 16.1 Å². The third-order valence-electron chi connectivity index (χ3n) is 1.03. The Bertz CT molecular complexity index is 291. The highest BCUT2D eigenvalue weighted by Gasteiger charge is 1.91. The monoisotopic (exact) mass is 150 g/mol. The van der Waals surface area contributed by atoms with E-state index in [-0.39, 0.29) is 11.2 Å². The van der Waals surface area contributed by atoms with E-state index in [1.165, 1.54) is 12.3 Å². The molecule has 0 bridgehead atoms. The summed E-state index contributed by atoms with van der Waals surface area (Å²) in [6.07, 6.45) is 2.12. The molecule has 0 saturated heterocycles. The SMILES string of the molecule is N#Cc1cc(C=O)ccn1.O. The van der Waals surface area contributed by atoms with Crippen LogP contribution < -0.4 is 0 Å². The van der Waals surface area contributed by atoms with Gasteiger partial charge in [0.05, 0.1) is 0 Å². The van der Waals surface area contributed by atoms with Crippen LogP contribution in [0.15, 0.2) is 18.3 Å². The number of rotatable bonds is 1. The minimum absolute atomic E-state index is 0. The molecule has 0 radical (unpaired) electrons. The Morgan fingerprint density at radius 3 is 2.91 bits per heavy atom. The zero-order valence-corrected chi connectivity index (χ0v) is 5.61. The van der Waals surface area contributed by atoms with Crippen LogP contribution in [0.2, 0.25) is 0 Å². The summed E-state index contributed by atoms with van der Waals surface area (Å²) in [4.78, 5) is 13.8. The van der Waals surface area contributed by atoms with E-state index in [9.17, 15) is 4.79 Å². The van der Waals surface area contributed by atoms with Crippen LogP contribution in [0.3, 0.4) is 0 Å². The lowest BCUT2D eigenvalue weighted by Crippen LogP contribution is -1.84. The van der Waals surface area contributed by atoms with Gasteiger partial charge in [0.2, 0.25) is 0 Å². The van der Waals surface area contributed by atoms with Crippen LogP contribution >= 0.6 is 0 Å². The van der Waals surface area contributed by atoms with E-state index in [0.29, 0.717) is 11.8 Å². The lowest BCUT2D eigenvalue weighted by molar-refractivity contribution is 0.112. The predicted octanol–water partition coefficient (Wildman–Crippen LogP) is -0.0589. The first-order valence-electron chi connectivity index (χ1n) is 2.68. The smallest absolute Gasteiger partial charge is 0.150 e. The fraction of sp³-hybridized carbons (Fsp3) is 0. The molecular weight excluding hydrogens is 144 g/mol. The first-order chi connectivity index (χ1) is 4.86. The molecule has 0 unspecified atom stereocenters. The van der Waals surface area contributed by atoms with Crippen molar-refractivity contribution in [1.82, 2.24) is 4.98 Å². The average molecular weight is 150 g/mol. The van der Waals surface area contributed by atoms with E-state index < -0.39 is 0 Å². The van der Waals surface area contributed by atoms with Gasteiger partial charge in [-0.3, -0.25) is 4.79 Å². The summed E-state index contributed by atoms with van der Waals surface area (Å²) in [6.45, 7) is 0. The Morgan fingerprint density at radius 2 is 2.36 bits per heavy atom. The number of carbonyl (C=O) groups is 1. The first kappa shape index (κ1) is 9.27. The molecule has 0 aromatic carbocycles. The molecule has 1 rings (SSSR count). The molecule has 4 nitrogen and oxygen atoms in total. The molecule has 0 spiro atoms. The number of hydrogen-bond donors (Lipinski definition) is 0. The molecule has 0 fully saturated rings. The van der Waals surface area contributed by atoms with Crippen molar-refractivity contribution in [2.75, 3.05) is 0 Å². The predicted molar refractivity (Wildman–Crippen MR) is 38.0 cm³/mol. The Hall–Kier alpha value is -1.73. The number of nitrogens with zero attached hydrogens (tertiary/aromatic N) is 2. The maximum atomic E-state index is 10.1. The first-order valence-corrected chi connectivity index (χ1v) is 2.68. The van der Waals surface area contributed by atoms with Crippen molar-refractivity contribution in [3.8, 4) is 6.07 Å². The van der Waals surface area contributed by atoms with E-state index in [0.717, 1.165) is 0 Å². The fourth-order valence-electron chi connectivity index (χ4n) is 0.581. The maximum Gasteiger partial charge on any atom is 0.150 e. The normalized spacial score (nSPS) is 7.55. The van der Waals surface area contributed by atoms with Gasteiger partial charge in [-0.15, -0.1) is 0 Å². The van der Waals surface area contributed by atoms with Crippen molar-refractivity contribution in [3.05, 3.63) is 29.6 Å². The van der Waals surface area contributed by atoms with Crippen LogP contribution in [-0.2, 0) is 0 Å². The summed E-state index contributed by atoms with van der Waals surface area (Å²) in [5, 5.41) is 8.33. The minimum Gasteiger partial charge on any atom is -0.412 e. The quantitative estimate of drug-likeness (QED) is 0.525. The van der Waals surface area contributed by atoms with Crippen LogP contribution in [0.4, 0.5) is 0 Å². The average Bonchev–Trinajstić information content (AvgIpc) is 2.05. The van der Waals surface area contributed by atoms with Crippen molar-refractivity contribution in [1.29, 1.82) is 5.26 Å². The van der Waals surface area contributed by atoms with Gasteiger partial charge in [0, 0.05) is 11.8 Å². The number of carbonyl (C=O) groups excluding carboxylic acids is 1. The van der Waals surface area contributed by atoms with Crippen molar-refractivity contribution in [2.45, 2.75) is 0 Å². The maximum absolute atomic E-state index is 10.1. The van der Waals surface area contributed by atoms with Crippen molar-refractivity contribution in [2.24, 2.45) is 0 Å². The second kappa shape index (κ2) is 4.14. The van der Waals surface area contributed by atoms with Crippen molar-refractivity contribution < 1.29 is 10.3 Å². The molecule has 1 aromatic rings. The van der Waals surface area contributed by atoms with Gasteiger partial charge >= 0.3 is 0 Å². The van der Waals surface area contributed by atoms with E-state index in [1.807, 2.05) is 6.07 Å². The molecule has 0 amide bonds. The topological polar surface area (TPSA) is 85.2 Å². The molecule has 0 saturated carbocycles. The second-order valence-corrected chi connectivity index (χ2v) is 1.70. The van der Waals surface area contributed by atoms with Gasteiger partial charge < -0.3 is 5.48 Å². The summed E-state index contributed by atoms with van der Waals surface area (Å²) in [5.41, 5.74) is 0.746. The van der Waals surface area contributed by atoms with Gasteiger partial charge in [-0.1, -0.05) is 0 Å². The van der Waals surface area contributed by atoms with Crippen molar-refractivity contribution >= 4 is 6.29 Å². The molecule has 0 aliphatic heterocycles. The highest BCUT2D eigenvalue weighted by molar-refractivity contribution is 5.74. The van der Waals surface area contributed by atoms with Gasteiger partial charge in [0.25, 0.3) is 0 Å². The molecule has 0 aliphatic rings. The highest BCUT2D eigenvalue weighted by Crippen LogP contribution is 1.95. The molecule has 0 aliphatic carbocycles. The lowest BCUT2D eigenvalue weighted by atomic mass is 10.2. The molecule has 56 valence electrons. The Balaban J connectivity index is 0.000001000. The summed E-state index contributed by atoms with van der Waals surface area (Å²) >= 11 is 0. The van der Waals surface area contributed by atoms with Gasteiger partial charge in [0.1, 0.15) is 18.0 Å². The van der Waals surface area contributed by atoms with Crippen LogP contribution in [0, 0.1) is 11.3 Å². The Morgan fingerprint density at radius 1 is 1.64 bits per heavy atom. The van der Waals surface area contributed by atoms with Crippen LogP contribution in [0.25, 0.3) is 0 Å². The van der Waals surface area contributed by atoms with E-state index in [2.05, 4.69) is 4.98 Å². The molecular formula is C7H6N2O2. The number of pyridine rings is 1. The standard InChI is InChI=1S/C7H4N2O.H2O/c8-4-7-3-6(5-10)1-2-9-7;/h1-3,5H;1H2.